The Balaban J connectivity index is 1.77. The van der Waals surface area contributed by atoms with Crippen molar-refractivity contribution in [3.05, 3.63) is 95.5 Å². The zero-order chi connectivity index (χ0) is 19.3. The molecule has 0 spiro atoms. The second-order valence-electron chi connectivity index (χ2n) is 6.18. The molecule has 4 rings (SSSR count). The number of carbonyl (C=O) groups excluding carboxylic acids is 1. The quantitative estimate of drug-likeness (QED) is 0.390. The average molecular weight is 387 g/mol. The fourth-order valence-electron chi connectivity index (χ4n) is 3.12. The maximum atomic E-state index is 12.3. The van der Waals surface area contributed by atoms with Gasteiger partial charge in [-0.3, -0.25) is 10.0 Å². The molecule has 1 heterocycles. The van der Waals surface area contributed by atoms with Gasteiger partial charge in [0.25, 0.3) is 5.91 Å². The number of hydrogen-bond acceptors (Lipinski definition) is 5. The molecule has 0 saturated carbocycles. The van der Waals surface area contributed by atoms with E-state index in [0.29, 0.717) is 5.01 Å². The van der Waals surface area contributed by atoms with Crippen LogP contribution in [0.2, 0.25) is 0 Å². The van der Waals surface area contributed by atoms with Crippen LogP contribution in [0.4, 0.5) is 0 Å². The van der Waals surface area contributed by atoms with Crippen LogP contribution in [0.1, 0.15) is 16.5 Å². The van der Waals surface area contributed by atoms with Crippen molar-refractivity contribution in [2.75, 3.05) is 0 Å². The molecule has 6 heteroatoms. The minimum Gasteiger partial charge on any atom is -0.289 e. The van der Waals surface area contributed by atoms with Crippen LogP contribution in [0.3, 0.4) is 0 Å². The zero-order valence-corrected chi connectivity index (χ0v) is 15.6. The van der Waals surface area contributed by atoms with Crippen molar-refractivity contribution >= 4 is 17.2 Å². The standard InChI is InChI=1S/C22H17N3O2S/c26-20(25-27)19(16-11-5-2-6-12-16)22-24-23-21(28-22)18-14-8-7-13-17(18)15-9-3-1-4-10-15/h1-14,19,27H,(H,25,26). The molecule has 0 aliphatic carbocycles. The summed E-state index contributed by atoms with van der Waals surface area (Å²) >= 11 is 1.35. The third kappa shape index (κ3) is 3.55. The lowest BCUT2D eigenvalue weighted by Crippen LogP contribution is -2.27. The molecule has 0 fully saturated rings. The topological polar surface area (TPSA) is 75.1 Å². The lowest BCUT2D eigenvalue weighted by atomic mass is 9.99. The van der Waals surface area contributed by atoms with Gasteiger partial charge in [0.05, 0.1) is 0 Å². The van der Waals surface area contributed by atoms with Crippen LogP contribution in [0, 0.1) is 0 Å². The summed E-state index contributed by atoms with van der Waals surface area (Å²) in [5.41, 5.74) is 5.58. The molecule has 1 atom stereocenters. The molecule has 1 unspecified atom stereocenters. The minimum absolute atomic E-state index is 0.524. The Morgan fingerprint density at radius 2 is 1.43 bits per heavy atom. The van der Waals surface area contributed by atoms with Crippen LogP contribution < -0.4 is 5.48 Å². The van der Waals surface area contributed by atoms with Gasteiger partial charge >= 0.3 is 0 Å². The number of hydrogen-bond donors (Lipinski definition) is 2. The Labute approximate surface area is 166 Å². The number of amides is 1. The highest BCUT2D eigenvalue weighted by Gasteiger charge is 2.27. The van der Waals surface area contributed by atoms with Gasteiger partial charge in [0.15, 0.2) is 0 Å². The van der Waals surface area contributed by atoms with E-state index in [0.717, 1.165) is 27.3 Å². The average Bonchev–Trinajstić information content (AvgIpc) is 3.24. The highest BCUT2D eigenvalue weighted by molar-refractivity contribution is 7.15. The van der Waals surface area contributed by atoms with Gasteiger partial charge in [-0.25, -0.2) is 5.48 Å². The number of carbonyl (C=O) groups is 1. The molecule has 138 valence electrons. The van der Waals surface area contributed by atoms with Gasteiger partial charge in [0, 0.05) is 5.56 Å². The minimum atomic E-state index is -0.721. The monoisotopic (exact) mass is 387 g/mol. The van der Waals surface area contributed by atoms with E-state index in [1.54, 1.807) is 5.48 Å². The van der Waals surface area contributed by atoms with Crippen LogP contribution in [-0.2, 0) is 4.79 Å². The smallest absolute Gasteiger partial charge is 0.257 e. The lowest BCUT2D eigenvalue weighted by Gasteiger charge is -2.11. The molecule has 0 bridgehead atoms. The third-order valence-electron chi connectivity index (χ3n) is 4.44. The van der Waals surface area contributed by atoms with Gasteiger partial charge in [-0.15, -0.1) is 10.2 Å². The van der Waals surface area contributed by atoms with E-state index in [-0.39, 0.29) is 0 Å². The van der Waals surface area contributed by atoms with Gasteiger partial charge in [0.2, 0.25) is 0 Å². The maximum Gasteiger partial charge on any atom is 0.257 e. The highest BCUT2D eigenvalue weighted by atomic mass is 32.1. The predicted molar refractivity (Wildman–Crippen MR) is 109 cm³/mol. The first-order valence-electron chi connectivity index (χ1n) is 8.75. The summed E-state index contributed by atoms with van der Waals surface area (Å²) < 4.78 is 0. The number of nitrogens with one attached hydrogen (secondary N) is 1. The Hall–Kier alpha value is -3.35. The van der Waals surface area contributed by atoms with Crippen molar-refractivity contribution in [2.24, 2.45) is 0 Å². The number of nitrogens with zero attached hydrogens (tertiary/aromatic N) is 2. The van der Waals surface area contributed by atoms with E-state index in [9.17, 15) is 10.0 Å². The first-order chi connectivity index (χ1) is 13.8. The lowest BCUT2D eigenvalue weighted by molar-refractivity contribution is -0.129. The molecule has 4 aromatic rings. The second kappa shape index (κ2) is 8.12. The summed E-state index contributed by atoms with van der Waals surface area (Å²) in [6, 6.07) is 27.3. The first kappa shape index (κ1) is 18.0. The van der Waals surface area contributed by atoms with Crippen LogP contribution in [0.5, 0.6) is 0 Å². The third-order valence-corrected chi connectivity index (χ3v) is 5.46. The molecule has 28 heavy (non-hydrogen) atoms. The SMILES string of the molecule is O=C(NO)C(c1ccccc1)c1nnc(-c2ccccc2-c2ccccc2)s1. The molecular weight excluding hydrogens is 370 g/mol. The summed E-state index contributed by atoms with van der Waals surface area (Å²) in [5.74, 6) is -1.26. The molecule has 0 aliphatic heterocycles. The summed E-state index contributed by atoms with van der Waals surface area (Å²) in [5, 5.41) is 19.1. The van der Waals surface area contributed by atoms with Gasteiger partial charge in [-0.1, -0.05) is 96.3 Å². The molecular formula is C22H17N3O2S. The van der Waals surface area contributed by atoms with Crippen LogP contribution >= 0.6 is 11.3 Å². The van der Waals surface area contributed by atoms with Crippen LogP contribution in [0.15, 0.2) is 84.9 Å². The molecule has 1 amide bonds. The predicted octanol–water partition coefficient (Wildman–Crippen LogP) is 4.51. The molecule has 0 aliphatic rings. The Kier molecular flexibility index (Phi) is 5.23. The summed E-state index contributed by atoms with van der Waals surface area (Å²) in [6.45, 7) is 0. The van der Waals surface area contributed by atoms with Crippen molar-refractivity contribution in [3.8, 4) is 21.7 Å². The van der Waals surface area contributed by atoms with Crippen molar-refractivity contribution < 1.29 is 10.0 Å². The fourth-order valence-corrected chi connectivity index (χ4v) is 4.13. The van der Waals surface area contributed by atoms with Crippen LogP contribution in [-0.4, -0.2) is 21.3 Å². The van der Waals surface area contributed by atoms with E-state index >= 15 is 0 Å². The zero-order valence-electron chi connectivity index (χ0n) is 14.8. The molecule has 1 aromatic heterocycles. The molecule has 2 N–H and O–H groups in total. The van der Waals surface area contributed by atoms with Crippen molar-refractivity contribution in [1.82, 2.24) is 15.7 Å². The summed E-state index contributed by atoms with van der Waals surface area (Å²) in [7, 11) is 0. The van der Waals surface area contributed by atoms with E-state index in [4.69, 9.17) is 0 Å². The van der Waals surface area contributed by atoms with Gasteiger partial charge in [0.1, 0.15) is 15.9 Å². The number of rotatable bonds is 5. The highest BCUT2D eigenvalue weighted by Crippen LogP contribution is 2.36. The maximum absolute atomic E-state index is 12.3. The van der Waals surface area contributed by atoms with Gasteiger partial charge in [-0.2, -0.15) is 0 Å². The van der Waals surface area contributed by atoms with Crippen molar-refractivity contribution in [3.63, 3.8) is 0 Å². The first-order valence-corrected chi connectivity index (χ1v) is 9.56. The second-order valence-corrected chi connectivity index (χ2v) is 7.19. The van der Waals surface area contributed by atoms with Gasteiger partial charge < -0.3 is 0 Å². The van der Waals surface area contributed by atoms with Crippen molar-refractivity contribution in [1.29, 1.82) is 0 Å². The Morgan fingerprint density at radius 1 is 0.821 bits per heavy atom. The van der Waals surface area contributed by atoms with E-state index in [1.807, 2.05) is 84.9 Å². The molecule has 0 radical (unpaired) electrons. The fraction of sp³-hybridized carbons (Fsp3) is 0.0455. The largest absolute Gasteiger partial charge is 0.289 e. The Morgan fingerprint density at radius 3 is 2.11 bits per heavy atom. The Bertz CT molecular complexity index is 1080. The summed E-state index contributed by atoms with van der Waals surface area (Å²) in [4.78, 5) is 12.3. The summed E-state index contributed by atoms with van der Waals surface area (Å²) in [6.07, 6.45) is 0. The molecule has 3 aromatic carbocycles. The molecule has 5 nitrogen and oxygen atoms in total. The normalized spacial score (nSPS) is 11.8. The van der Waals surface area contributed by atoms with Gasteiger partial charge in [-0.05, 0) is 16.7 Å². The van der Waals surface area contributed by atoms with E-state index < -0.39 is 11.8 Å². The van der Waals surface area contributed by atoms with E-state index in [1.165, 1.54) is 11.3 Å². The number of benzene rings is 3. The van der Waals surface area contributed by atoms with E-state index in [2.05, 4.69) is 10.2 Å². The number of hydroxylamine groups is 1. The van der Waals surface area contributed by atoms with Crippen LogP contribution in [0.25, 0.3) is 21.7 Å². The number of aromatic nitrogens is 2. The van der Waals surface area contributed by atoms with Crippen molar-refractivity contribution in [2.45, 2.75) is 5.92 Å². The molecule has 0 saturated heterocycles.